The summed E-state index contributed by atoms with van der Waals surface area (Å²) in [4.78, 5) is 0. The predicted octanol–water partition coefficient (Wildman–Crippen LogP) is 5.58. The highest BCUT2D eigenvalue weighted by molar-refractivity contribution is 5.23. The molecule has 0 aromatic heterocycles. The van der Waals surface area contributed by atoms with Crippen molar-refractivity contribution in [3.8, 4) is 0 Å². The van der Waals surface area contributed by atoms with Gasteiger partial charge in [-0.1, -0.05) is 75.4 Å². The fraction of sp³-hybridized carbons (Fsp3) is 0.333. The first-order valence-corrected chi connectivity index (χ1v) is 6.80. The molecule has 0 radical (unpaired) electrons. The van der Waals surface area contributed by atoms with Gasteiger partial charge in [-0.2, -0.15) is 0 Å². The van der Waals surface area contributed by atoms with E-state index < -0.39 is 0 Å². The summed E-state index contributed by atoms with van der Waals surface area (Å²) in [6.07, 6.45) is 1.14. The van der Waals surface area contributed by atoms with E-state index in [2.05, 4.69) is 69.3 Å². The van der Waals surface area contributed by atoms with E-state index >= 15 is 0 Å². The molecule has 0 saturated carbocycles. The molecule has 0 heteroatoms. The van der Waals surface area contributed by atoms with Crippen LogP contribution in [0.4, 0.5) is 0 Å². The molecule has 0 saturated heterocycles. The van der Waals surface area contributed by atoms with E-state index in [1.807, 2.05) is 19.9 Å². The van der Waals surface area contributed by atoms with Crippen LogP contribution in [0.1, 0.15) is 37.5 Å². The van der Waals surface area contributed by atoms with Crippen LogP contribution in [0.25, 0.3) is 0 Å². The topological polar surface area (TPSA) is 0 Å². The van der Waals surface area contributed by atoms with Crippen LogP contribution in [0, 0.1) is 13.8 Å². The maximum atomic E-state index is 2.16. The first-order chi connectivity index (χ1) is 8.74. The Labute approximate surface area is 113 Å². The van der Waals surface area contributed by atoms with Crippen LogP contribution < -0.4 is 0 Å². The summed E-state index contributed by atoms with van der Waals surface area (Å²) in [6.45, 7) is 10.4. The second kappa shape index (κ2) is 10.6. The third-order valence-electron chi connectivity index (χ3n) is 2.68. The lowest BCUT2D eigenvalue weighted by Crippen LogP contribution is -1.74. The molecular formula is C18H26. The standard InChI is InChI=1S/2C8H10.C2H6/c1-7-5-3-4-6-8(7)2;1-2-8-6-4-3-5-7-8;1-2/h3-6H,1-2H3;3-7H,2H2,1H3;1-2H3. The Morgan fingerprint density at radius 1 is 0.667 bits per heavy atom. The SMILES string of the molecule is CC.CCc1ccccc1.Cc1ccccc1C. The predicted molar refractivity (Wildman–Crippen MR) is 83.1 cm³/mol. The van der Waals surface area contributed by atoms with Gasteiger partial charge in [0.15, 0.2) is 0 Å². The second-order valence-electron chi connectivity index (χ2n) is 3.92. The minimum Gasteiger partial charge on any atom is -0.0683 e. The summed E-state index contributed by atoms with van der Waals surface area (Å²) >= 11 is 0. The summed E-state index contributed by atoms with van der Waals surface area (Å²) in [5, 5.41) is 0. The van der Waals surface area contributed by atoms with Gasteiger partial charge < -0.3 is 0 Å². The van der Waals surface area contributed by atoms with Gasteiger partial charge >= 0.3 is 0 Å². The minimum atomic E-state index is 1.14. The molecule has 0 amide bonds. The quantitative estimate of drug-likeness (QED) is 0.612. The summed E-state index contributed by atoms with van der Waals surface area (Å²) in [5.41, 5.74) is 4.15. The fourth-order valence-corrected chi connectivity index (χ4v) is 1.38. The Balaban J connectivity index is 0.000000283. The molecule has 2 aromatic carbocycles. The van der Waals surface area contributed by atoms with Gasteiger partial charge in [0.25, 0.3) is 0 Å². The Morgan fingerprint density at radius 2 is 1.06 bits per heavy atom. The smallest absolute Gasteiger partial charge is 0.0307 e. The van der Waals surface area contributed by atoms with Gasteiger partial charge in [-0.3, -0.25) is 0 Å². The molecule has 0 unspecified atom stereocenters. The van der Waals surface area contributed by atoms with Crippen molar-refractivity contribution < 1.29 is 0 Å². The molecule has 0 aliphatic carbocycles. The Morgan fingerprint density at radius 3 is 1.33 bits per heavy atom. The van der Waals surface area contributed by atoms with E-state index in [1.165, 1.54) is 16.7 Å². The lowest BCUT2D eigenvalue weighted by atomic mass is 10.1. The van der Waals surface area contributed by atoms with Crippen molar-refractivity contribution in [2.24, 2.45) is 0 Å². The number of hydrogen-bond donors (Lipinski definition) is 0. The molecule has 0 fully saturated rings. The Bertz CT molecular complexity index is 380. The van der Waals surface area contributed by atoms with Crippen molar-refractivity contribution in [2.45, 2.75) is 41.0 Å². The molecule has 0 nitrogen and oxygen atoms in total. The fourth-order valence-electron chi connectivity index (χ4n) is 1.38. The van der Waals surface area contributed by atoms with Crippen molar-refractivity contribution in [2.75, 3.05) is 0 Å². The Kier molecular flexibility index (Phi) is 9.67. The maximum absolute atomic E-state index is 2.16. The summed E-state index contributed by atoms with van der Waals surface area (Å²) in [7, 11) is 0. The Hall–Kier alpha value is -1.56. The van der Waals surface area contributed by atoms with Crippen LogP contribution >= 0.6 is 0 Å². The molecule has 2 rings (SSSR count). The third kappa shape index (κ3) is 6.90. The van der Waals surface area contributed by atoms with Gasteiger partial charge in [0.05, 0.1) is 0 Å². The largest absolute Gasteiger partial charge is 0.0683 e. The molecular weight excluding hydrogens is 216 g/mol. The van der Waals surface area contributed by atoms with E-state index in [-0.39, 0.29) is 0 Å². The van der Waals surface area contributed by atoms with Gasteiger partial charge in [0, 0.05) is 0 Å². The normalized spacial score (nSPS) is 8.50. The summed E-state index contributed by atoms with van der Waals surface area (Å²) < 4.78 is 0. The molecule has 18 heavy (non-hydrogen) atoms. The van der Waals surface area contributed by atoms with E-state index in [9.17, 15) is 0 Å². The highest BCUT2D eigenvalue weighted by Gasteiger charge is 1.83. The monoisotopic (exact) mass is 242 g/mol. The average Bonchev–Trinajstić information content (AvgIpc) is 2.46. The number of aryl methyl sites for hydroxylation is 3. The summed E-state index contributed by atoms with van der Waals surface area (Å²) in [6, 6.07) is 18.8. The zero-order valence-corrected chi connectivity index (χ0v) is 12.4. The number of hydrogen-bond acceptors (Lipinski definition) is 0. The summed E-state index contributed by atoms with van der Waals surface area (Å²) in [5.74, 6) is 0. The van der Waals surface area contributed by atoms with E-state index in [0.717, 1.165) is 6.42 Å². The van der Waals surface area contributed by atoms with Crippen molar-refractivity contribution >= 4 is 0 Å². The second-order valence-corrected chi connectivity index (χ2v) is 3.92. The van der Waals surface area contributed by atoms with Crippen molar-refractivity contribution in [1.29, 1.82) is 0 Å². The van der Waals surface area contributed by atoms with Crippen molar-refractivity contribution in [3.05, 3.63) is 71.3 Å². The first kappa shape index (κ1) is 16.4. The van der Waals surface area contributed by atoms with Crippen LogP contribution in [0.15, 0.2) is 54.6 Å². The molecule has 0 N–H and O–H groups in total. The van der Waals surface area contributed by atoms with Crippen LogP contribution in [-0.4, -0.2) is 0 Å². The third-order valence-corrected chi connectivity index (χ3v) is 2.68. The molecule has 0 spiro atoms. The minimum absolute atomic E-state index is 1.14. The van der Waals surface area contributed by atoms with Crippen LogP contribution in [0.3, 0.4) is 0 Å². The molecule has 0 atom stereocenters. The van der Waals surface area contributed by atoms with E-state index in [1.54, 1.807) is 0 Å². The molecule has 2 aromatic rings. The zero-order chi connectivity index (χ0) is 13.8. The molecule has 98 valence electrons. The number of benzene rings is 2. The van der Waals surface area contributed by atoms with Gasteiger partial charge in [-0.25, -0.2) is 0 Å². The van der Waals surface area contributed by atoms with E-state index in [0.29, 0.717) is 0 Å². The molecule has 0 aliphatic heterocycles. The maximum Gasteiger partial charge on any atom is -0.0307 e. The van der Waals surface area contributed by atoms with Crippen LogP contribution in [0.5, 0.6) is 0 Å². The van der Waals surface area contributed by atoms with Crippen LogP contribution in [0.2, 0.25) is 0 Å². The van der Waals surface area contributed by atoms with Gasteiger partial charge in [-0.15, -0.1) is 0 Å². The van der Waals surface area contributed by atoms with Crippen molar-refractivity contribution in [1.82, 2.24) is 0 Å². The van der Waals surface area contributed by atoms with Gasteiger partial charge in [-0.05, 0) is 37.0 Å². The molecule has 0 aliphatic rings. The van der Waals surface area contributed by atoms with Crippen molar-refractivity contribution in [3.63, 3.8) is 0 Å². The van der Waals surface area contributed by atoms with E-state index in [4.69, 9.17) is 0 Å². The zero-order valence-electron chi connectivity index (χ0n) is 12.4. The lowest BCUT2D eigenvalue weighted by molar-refractivity contribution is 1.14. The van der Waals surface area contributed by atoms with Crippen LogP contribution in [-0.2, 0) is 6.42 Å². The lowest BCUT2D eigenvalue weighted by Gasteiger charge is -1.93. The average molecular weight is 242 g/mol. The van der Waals surface area contributed by atoms with Gasteiger partial charge in [0.2, 0.25) is 0 Å². The highest BCUT2D eigenvalue weighted by atomic mass is 13.9. The number of rotatable bonds is 1. The first-order valence-electron chi connectivity index (χ1n) is 6.80. The molecule has 0 bridgehead atoms. The van der Waals surface area contributed by atoms with Gasteiger partial charge in [0.1, 0.15) is 0 Å². The molecule has 0 heterocycles. The highest BCUT2D eigenvalue weighted by Crippen LogP contribution is 2.02.